The maximum atomic E-state index is 12.6. The van der Waals surface area contributed by atoms with Gasteiger partial charge in [-0.25, -0.2) is 9.78 Å². The molecule has 0 radical (unpaired) electrons. The summed E-state index contributed by atoms with van der Waals surface area (Å²) in [6, 6.07) is 15.2. The standard InChI is InChI=1S/C19H15N3O3S2/c1-12-20-17(25-22-12)11-26-15-8-4-2-6-13(15)19(23)24-10-18-21-14-7-3-5-9-16(14)27-18/h2-9H,10-11H2,1H3. The van der Waals surface area contributed by atoms with Gasteiger partial charge in [0, 0.05) is 4.90 Å². The lowest BCUT2D eigenvalue weighted by atomic mass is 10.2. The minimum atomic E-state index is -0.376. The molecule has 0 fully saturated rings. The van der Waals surface area contributed by atoms with Gasteiger partial charge >= 0.3 is 5.97 Å². The molecule has 0 unspecified atom stereocenters. The van der Waals surface area contributed by atoms with E-state index in [4.69, 9.17) is 9.26 Å². The number of benzene rings is 2. The second-order valence-electron chi connectivity index (χ2n) is 5.67. The lowest BCUT2D eigenvalue weighted by molar-refractivity contribution is 0.0468. The first kappa shape index (κ1) is 17.7. The van der Waals surface area contributed by atoms with E-state index in [1.807, 2.05) is 42.5 Å². The van der Waals surface area contributed by atoms with Crippen molar-refractivity contribution < 1.29 is 14.1 Å². The Bertz CT molecular complexity index is 1060. The Morgan fingerprint density at radius 3 is 2.78 bits per heavy atom. The van der Waals surface area contributed by atoms with Crippen LogP contribution < -0.4 is 0 Å². The van der Waals surface area contributed by atoms with Gasteiger partial charge in [0.25, 0.3) is 0 Å². The highest BCUT2D eigenvalue weighted by molar-refractivity contribution is 7.98. The molecule has 6 nitrogen and oxygen atoms in total. The van der Waals surface area contributed by atoms with Crippen LogP contribution in [0.25, 0.3) is 10.2 Å². The molecule has 0 aliphatic heterocycles. The Hall–Kier alpha value is -2.71. The minimum absolute atomic E-state index is 0.153. The zero-order chi connectivity index (χ0) is 18.6. The van der Waals surface area contributed by atoms with E-state index in [9.17, 15) is 4.79 Å². The van der Waals surface area contributed by atoms with E-state index >= 15 is 0 Å². The summed E-state index contributed by atoms with van der Waals surface area (Å²) in [7, 11) is 0. The summed E-state index contributed by atoms with van der Waals surface area (Å²) in [5.74, 6) is 1.23. The molecule has 0 saturated carbocycles. The third kappa shape index (κ3) is 4.17. The number of hydrogen-bond donors (Lipinski definition) is 0. The van der Waals surface area contributed by atoms with Crippen molar-refractivity contribution in [3.8, 4) is 0 Å². The summed E-state index contributed by atoms with van der Waals surface area (Å²) in [6.45, 7) is 1.92. The largest absolute Gasteiger partial charge is 0.455 e. The molecule has 2 aromatic carbocycles. The zero-order valence-electron chi connectivity index (χ0n) is 14.4. The summed E-state index contributed by atoms with van der Waals surface area (Å²) in [5.41, 5.74) is 1.43. The smallest absolute Gasteiger partial charge is 0.339 e. The highest BCUT2D eigenvalue weighted by Crippen LogP contribution is 2.27. The normalized spacial score (nSPS) is 11.0. The van der Waals surface area contributed by atoms with Crippen molar-refractivity contribution in [2.75, 3.05) is 0 Å². The number of rotatable bonds is 6. The van der Waals surface area contributed by atoms with Crippen LogP contribution in [0.15, 0.2) is 57.9 Å². The first-order valence-corrected chi connectivity index (χ1v) is 10.0. The molecule has 27 heavy (non-hydrogen) atoms. The fourth-order valence-corrected chi connectivity index (χ4v) is 4.24. The molecule has 0 N–H and O–H groups in total. The van der Waals surface area contributed by atoms with Gasteiger partial charge in [0.2, 0.25) is 5.89 Å². The monoisotopic (exact) mass is 397 g/mol. The van der Waals surface area contributed by atoms with E-state index in [1.165, 1.54) is 23.1 Å². The number of para-hydroxylation sites is 1. The number of carbonyl (C=O) groups excluding carboxylic acids is 1. The van der Waals surface area contributed by atoms with Gasteiger partial charge in [-0.2, -0.15) is 4.98 Å². The van der Waals surface area contributed by atoms with Gasteiger partial charge in [0.05, 0.1) is 21.5 Å². The third-order valence-electron chi connectivity index (χ3n) is 3.69. The van der Waals surface area contributed by atoms with Crippen LogP contribution >= 0.6 is 23.1 Å². The van der Waals surface area contributed by atoms with Crippen molar-refractivity contribution in [2.45, 2.75) is 24.2 Å². The van der Waals surface area contributed by atoms with Crippen LogP contribution in [0.3, 0.4) is 0 Å². The van der Waals surface area contributed by atoms with Gasteiger partial charge in [0.15, 0.2) is 5.82 Å². The SMILES string of the molecule is Cc1noc(CSc2ccccc2C(=O)OCc2nc3ccccc3s2)n1. The van der Waals surface area contributed by atoms with Gasteiger partial charge in [0.1, 0.15) is 11.6 Å². The number of aromatic nitrogens is 3. The van der Waals surface area contributed by atoms with Crippen molar-refractivity contribution in [1.29, 1.82) is 0 Å². The van der Waals surface area contributed by atoms with Crippen LogP contribution in [0.5, 0.6) is 0 Å². The molecule has 0 spiro atoms. The zero-order valence-corrected chi connectivity index (χ0v) is 16.0. The summed E-state index contributed by atoms with van der Waals surface area (Å²) < 4.78 is 11.7. The molecule has 0 aliphatic carbocycles. The second kappa shape index (κ2) is 7.89. The van der Waals surface area contributed by atoms with Crippen LogP contribution in [0, 0.1) is 6.92 Å². The first-order valence-electron chi connectivity index (χ1n) is 8.21. The molecular formula is C19H15N3O3S2. The number of carbonyl (C=O) groups is 1. The average molecular weight is 397 g/mol. The number of ether oxygens (including phenoxy) is 1. The quantitative estimate of drug-likeness (QED) is 0.346. The molecular weight excluding hydrogens is 382 g/mol. The second-order valence-corrected chi connectivity index (χ2v) is 7.80. The van der Waals surface area contributed by atoms with E-state index in [2.05, 4.69) is 15.1 Å². The van der Waals surface area contributed by atoms with Crippen molar-refractivity contribution in [3.63, 3.8) is 0 Å². The van der Waals surface area contributed by atoms with Gasteiger partial charge < -0.3 is 9.26 Å². The predicted octanol–water partition coefficient (Wildman–Crippen LogP) is 4.64. The number of aryl methyl sites for hydroxylation is 1. The maximum Gasteiger partial charge on any atom is 0.339 e. The highest BCUT2D eigenvalue weighted by atomic mass is 32.2. The molecule has 2 aromatic heterocycles. The molecule has 136 valence electrons. The molecule has 0 amide bonds. The van der Waals surface area contributed by atoms with E-state index in [0.29, 0.717) is 23.0 Å². The number of hydrogen-bond acceptors (Lipinski definition) is 8. The molecule has 0 saturated heterocycles. The summed E-state index contributed by atoms with van der Waals surface area (Å²) in [4.78, 5) is 22.0. The summed E-state index contributed by atoms with van der Waals surface area (Å²) in [5, 5.41) is 4.54. The van der Waals surface area contributed by atoms with Gasteiger partial charge in [-0.3, -0.25) is 0 Å². The number of nitrogens with zero attached hydrogens (tertiary/aromatic N) is 3. The summed E-state index contributed by atoms with van der Waals surface area (Å²) in [6.07, 6.45) is 0. The molecule has 0 aliphatic rings. The molecule has 4 aromatic rings. The van der Waals surface area contributed by atoms with E-state index < -0.39 is 0 Å². The lowest BCUT2D eigenvalue weighted by Crippen LogP contribution is -2.06. The molecule has 2 heterocycles. The molecule has 0 atom stereocenters. The van der Waals surface area contributed by atoms with Crippen molar-refractivity contribution >= 4 is 39.3 Å². The van der Waals surface area contributed by atoms with Crippen molar-refractivity contribution in [2.24, 2.45) is 0 Å². The van der Waals surface area contributed by atoms with Crippen LogP contribution in [0.2, 0.25) is 0 Å². The number of esters is 1. The fourth-order valence-electron chi connectivity index (χ4n) is 2.49. The first-order chi connectivity index (χ1) is 13.2. The number of thioether (sulfide) groups is 1. The van der Waals surface area contributed by atoms with Crippen LogP contribution in [0.4, 0.5) is 0 Å². The van der Waals surface area contributed by atoms with Gasteiger partial charge in [-0.15, -0.1) is 23.1 Å². The maximum absolute atomic E-state index is 12.6. The topological polar surface area (TPSA) is 78.1 Å². The Balaban J connectivity index is 1.43. The Morgan fingerprint density at radius 2 is 1.96 bits per heavy atom. The van der Waals surface area contributed by atoms with Crippen molar-refractivity contribution in [1.82, 2.24) is 15.1 Å². The Kier molecular flexibility index (Phi) is 5.17. The number of thiazole rings is 1. The van der Waals surface area contributed by atoms with Gasteiger partial charge in [-0.05, 0) is 31.2 Å². The van der Waals surface area contributed by atoms with Crippen LogP contribution in [0.1, 0.15) is 27.1 Å². The Labute approximate surface area is 163 Å². The van der Waals surface area contributed by atoms with E-state index in [0.717, 1.165) is 20.1 Å². The predicted molar refractivity (Wildman–Crippen MR) is 104 cm³/mol. The lowest BCUT2D eigenvalue weighted by Gasteiger charge is -2.07. The molecule has 8 heteroatoms. The van der Waals surface area contributed by atoms with E-state index in [-0.39, 0.29) is 12.6 Å². The minimum Gasteiger partial charge on any atom is -0.455 e. The van der Waals surface area contributed by atoms with Crippen LogP contribution in [-0.2, 0) is 17.1 Å². The molecule has 0 bridgehead atoms. The Morgan fingerprint density at radius 1 is 1.15 bits per heavy atom. The summed E-state index contributed by atoms with van der Waals surface area (Å²) >= 11 is 2.98. The van der Waals surface area contributed by atoms with Crippen molar-refractivity contribution in [3.05, 3.63) is 70.8 Å². The molecule has 4 rings (SSSR count). The number of fused-ring (bicyclic) bond motifs is 1. The average Bonchev–Trinajstić information content (AvgIpc) is 3.30. The fraction of sp³-hybridized carbons (Fsp3) is 0.158. The van der Waals surface area contributed by atoms with Gasteiger partial charge in [-0.1, -0.05) is 29.4 Å². The van der Waals surface area contributed by atoms with E-state index in [1.54, 1.807) is 13.0 Å². The van der Waals surface area contributed by atoms with Crippen LogP contribution in [-0.4, -0.2) is 21.1 Å². The highest BCUT2D eigenvalue weighted by Gasteiger charge is 2.15. The third-order valence-corrected chi connectivity index (χ3v) is 5.76.